The van der Waals surface area contributed by atoms with E-state index >= 15 is 0 Å². The van der Waals surface area contributed by atoms with Crippen LogP contribution in [0.5, 0.6) is 0 Å². The van der Waals surface area contributed by atoms with Crippen LogP contribution in [-0.2, 0) is 16.0 Å². The van der Waals surface area contributed by atoms with Gasteiger partial charge in [-0.15, -0.1) is 0 Å². The molecule has 6 heteroatoms. The van der Waals surface area contributed by atoms with Crippen LogP contribution in [0.25, 0.3) is 0 Å². The van der Waals surface area contributed by atoms with Crippen LogP contribution in [0.2, 0.25) is 0 Å². The molecule has 2 fully saturated rings. The van der Waals surface area contributed by atoms with Gasteiger partial charge in [0.25, 0.3) is 0 Å². The van der Waals surface area contributed by atoms with E-state index in [4.69, 9.17) is 9.47 Å². The Kier molecular flexibility index (Phi) is 4.78. The molecule has 26 heavy (non-hydrogen) atoms. The van der Waals surface area contributed by atoms with Crippen LogP contribution in [0.3, 0.4) is 0 Å². The first kappa shape index (κ1) is 17.2. The van der Waals surface area contributed by atoms with E-state index in [-0.39, 0.29) is 5.79 Å². The second-order valence-corrected chi connectivity index (χ2v) is 7.07. The molecule has 138 valence electrons. The molecule has 4 rings (SSSR count). The van der Waals surface area contributed by atoms with E-state index in [0.717, 1.165) is 49.9 Å². The molecular formula is C20H26N4O2. The molecule has 0 bridgehead atoms. The van der Waals surface area contributed by atoms with Crippen molar-refractivity contribution in [2.45, 2.75) is 32.1 Å². The number of aromatic nitrogens is 2. The molecule has 6 nitrogen and oxygen atoms in total. The highest BCUT2D eigenvalue weighted by Crippen LogP contribution is 2.33. The summed E-state index contributed by atoms with van der Waals surface area (Å²) in [6.45, 7) is 5.97. The molecule has 1 aromatic heterocycles. The quantitative estimate of drug-likeness (QED) is 0.842. The second kappa shape index (κ2) is 7.21. The lowest BCUT2D eigenvalue weighted by Gasteiger charge is -2.38. The van der Waals surface area contributed by atoms with Crippen molar-refractivity contribution in [1.82, 2.24) is 9.97 Å². The Morgan fingerprint density at radius 1 is 1.08 bits per heavy atom. The predicted molar refractivity (Wildman–Crippen MR) is 101 cm³/mol. The van der Waals surface area contributed by atoms with Gasteiger partial charge in [-0.1, -0.05) is 30.3 Å². The molecule has 2 aliphatic rings. The van der Waals surface area contributed by atoms with Crippen molar-refractivity contribution in [1.29, 1.82) is 0 Å². The molecule has 0 amide bonds. The highest BCUT2D eigenvalue weighted by molar-refractivity contribution is 5.51. The second-order valence-electron chi connectivity index (χ2n) is 7.07. The van der Waals surface area contributed by atoms with Gasteiger partial charge in [0, 0.05) is 45.6 Å². The molecule has 3 heterocycles. The summed E-state index contributed by atoms with van der Waals surface area (Å²) < 4.78 is 11.7. The SMILES string of the molecule is Cc1nc(N(C)Cc2ccccc2)cc(N2CCC3(CC2)OCCO3)n1. The number of piperidine rings is 1. The summed E-state index contributed by atoms with van der Waals surface area (Å²) in [4.78, 5) is 13.8. The number of benzene rings is 1. The van der Waals surface area contributed by atoms with Gasteiger partial charge in [-0.05, 0) is 12.5 Å². The van der Waals surface area contributed by atoms with Crippen molar-refractivity contribution in [2.24, 2.45) is 0 Å². The predicted octanol–water partition coefficient (Wildman–Crippen LogP) is 2.76. The molecule has 1 spiro atoms. The van der Waals surface area contributed by atoms with E-state index in [1.54, 1.807) is 0 Å². The van der Waals surface area contributed by atoms with Crippen molar-refractivity contribution in [3.05, 3.63) is 47.8 Å². The third kappa shape index (κ3) is 3.66. The number of rotatable bonds is 4. The first-order valence-corrected chi connectivity index (χ1v) is 9.27. The largest absolute Gasteiger partial charge is 0.356 e. The van der Waals surface area contributed by atoms with E-state index in [1.807, 2.05) is 13.0 Å². The minimum Gasteiger partial charge on any atom is -0.356 e. The Balaban J connectivity index is 1.47. The highest BCUT2D eigenvalue weighted by Gasteiger charge is 2.40. The minimum atomic E-state index is -0.356. The number of hydrogen-bond acceptors (Lipinski definition) is 6. The molecule has 0 saturated carbocycles. The fourth-order valence-corrected chi connectivity index (χ4v) is 3.69. The molecule has 2 saturated heterocycles. The normalized spacial score (nSPS) is 19.1. The number of aryl methyl sites for hydroxylation is 1. The van der Waals surface area contributed by atoms with E-state index in [9.17, 15) is 0 Å². The van der Waals surface area contributed by atoms with Gasteiger partial charge in [-0.25, -0.2) is 9.97 Å². The lowest BCUT2D eigenvalue weighted by atomic mass is 10.0. The Bertz CT molecular complexity index is 737. The summed E-state index contributed by atoms with van der Waals surface area (Å²) in [5.74, 6) is 2.38. The maximum Gasteiger partial charge on any atom is 0.171 e. The smallest absolute Gasteiger partial charge is 0.171 e. The Hall–Kier alpha value is -2.18. The maximum atomic E-state index is 5.83. The fraction of sp³-hybridized carbons (Fsp3) is 0.500. The zero-order valence-corrected chi connectivity index (χ0v) is 15.5. The standard InChI is InChI=1S/C20H26N4O2/c1-16-21-18(23(2)15-17-6-4-3-5-7-17)14-19(22-16)24-10-8-20(9-11-24)25-12-13-26-20/h3-7,14H,8-13,15H2,1-2H3. The summed E-state index contributed by atoms with van der Waals surface area (Å²) in [6.07, 6.45) is 1.76. The van der Waals surface area contributed by atoms with Gasteiger partial charge in [-0.2, -0.15) is 0 Å². The van der Waals surface area contributed by atoms with Crippen molar-refractivity contribution in [2.75, 3.05) is 43.2 Å². The zero-order valence-electron chi connectivity index (χ0n) is 15.5. The van der Waals surface area contributed by atoms with Gasteiger partial charge in [-0.3, -0.25) is 0 Å². The van der Waals surface area contributed by atoms with Crippen LogP contribution in [0, 0.1) is 6.92 Å². The Morgan fingerprint density at radius 2 is 1.77 bits per heavy atom. The molecule has 0 N–H and O–H groups in total. The lowest BCUT2D eigenvalue weighted by molar-refractivity contribution is -0.169. The third-order valence-corrected chi connectivity index (χ3v) is 5.13. The monoisotopic (exact) mass is 354 g/mol. The molecule has 2 aliphatic heterocycles. The van der Waals surface area contributed by atoms with Gasteiger partial charge in [0.15, 0.2) is 5.79 Å². The van der Waals surface area contributed by atoms with E-state index < -0.39 is 0 Å². The Morgan fingerprint density at radius 3 is 2.46 bits per heavy atom. The van der Waals surface area contributed by atoms with E-state index in [0.29, 0.717) is 13.2 Å². The van der Waals surface area contributed by atoms with Crippen molar-refractivity contribution in [3.8, 4) is 0 Å². The topological polar surface area (TPSA) is 50.7 Å². The summed E-state index contributed by atoms with van der Waals surface area (Å²) in [6, 6.07) is 12.5. The lowest BCUT2D eigenvalue weighted by Crippen LogP contribution is -2.45. The average Bonchev–Trinajstić information content (AvgIpc) is 3.10. The van der Waals surface area contributed by atoms with E-state index in [2.05, 4.69) is 57.1 Å². The van der Waals surface area contributed by atoms with Crippen LogP contribution in [0.15, 0.2) is 36.4 Å². The number of ether oxygens (including phenoxy) is 2. The summed E-state index contributed by atoms with van der Waals surface area (Å²) in [5, 5.41) is 0. The van der Waals surface area contributed by atoms with Gasteiger partial charge in [0.1, 0.15) is 17.5 Å². The van der Waals surface area contributed by atoms with Crippen LogP contribution in [0.4, 0.5) is 11.6 Å². The average molecular weight is 354 g/mol. The fourth-order valence-electron chi connectivity index (χ4n) is 3.69. The molecule has 0 radical (unpaired) electrons. The number of nitrogens with zero attached hydrogens (tertiary/aromatic N) is 4. The van der Waals surface area contributed by atoms with E-state index in [1.165, 1.54) is 5.56 Å². The summed E-state index contributed by atoms with van der Waals surface area (Å²) >= 11 is 0. The molecular weight excluding hydrogens is 328 g/mol. The van der Waals surface area contributed by atoms with Crippen LogP contribution in [0.1, 0.15) is 24.2 Å². The van der Waals surface area contributed by atoms with Crippen molar-refractivity contribution >= 4 is 11.6 Å². The van der Waals surface area contributed by atoms with Crippen LogP contribution >= 0.6 is 0 Å². The number of anilines is 2. The number of hydrogen-bond donors (Lipinski definition) is 0. The highest BCUT2D eigenvalue weighted by atomic mass is 16.7. The zero-order chi connectivity index (χ0) is 18.0. The van der Waals surface area contributed by atoms with Gasteiger partial charge in [0.05, 0.1) is 13.2 Å². The van der Waals surface area contributed by atoms with Crippen LogP contribution in [-0.4, -0.2) is 49.1 Å². The minimum absolute atomic E-state index is 0.356. The van der Waals surface area contributed by atoms with Gasteiger partial charge >= 0.3 is 0 Å². The molecule has 0 atom stereocenters. The molecule has 0 unspecified atom stereocenters. The first-order chi connectivity index (χ1) is 12.6. The van der Waals surface area contributed by atoms with Gasteiger partial charge < -0.3 is 19.3 Å². The Labute approximate surface area is 154 Å². The molecule has 1 aromatic carbocycles. The van der Waals surface area contributed by atoms with Crippen molar-refractivity contribution < 1.29 is 9.47 Å². The maximum absolute atomic E-state index is 5.83. The molecule has 2 aromatic rings. The summed E-state index contributed by atoms with van der Waals surface area (Å²) in [5.41, 5.74) is 1.27. The van der Waals surface area contributed by atoms with Crippen LogP contribution < -0.4 is 9.80 Å². The first-order valence-electron chi connectivity index (χ1n) is 9.27. The summed E-state index contributed by atoms with van der Waals surface area (Å²) in [7, 11) is 2.07. The van der Waals surface area contributed by atoms with Crippen molar-refractivity contribution in [3.63, 3.8) is 0 Å². The molecule has 0 aliphatic carbocycles. The van der Waals surface area contributed by atoms with Gasteiger partial charge in [0.2, 0.25) is 0 Å². The third-order valence-electron chi connectivity index (χ3n) is 5.13.